The first-order chi connectivity index (χ1) is 13.1. The van der Waals surface area contributed by atoms with E-state index in [1.807, 2.05) is 18.2 Å². The van der Waals surface area contributed by atoms with Gasteiger partial charge < -0.3 is 9.88 Å². The fraction of sp³-hybridized carbons (Fsp3) is 0.286. The highest BCUT2D eigenvalue weighted by molar-refractivity contribution is 7.91. The minimum Gasteiger partial charge on any atom is -0.352 e. The second kappa shape index (κ2) is 7.19. The van der Waals surface area contributed by atoms with Crippen LogP contribution in [0.4, 0.5) is 0 Å². The summed E-state index contributed by atoms with van der Waals surface area (Å²) in [5.41, 5.74) is 0.744. The Hall–Kier alpha value is -2.60. The van der Waals surface area contributed by atoms with E-state index in [0.717, 1.165) is 31.2 Å². The van der Waals surface area contributed by atoms with Gasteiger partial charge in [0.1, 0.15) is 6.54 Å². The SMILES string of the molecule is O=C(Cn1cc(S(=O)(=O)c2ccccc2)c2ccccc21)NC1CCCC1. The van der Waals surface area contributed by atoms with Gasteiger partial charge in [0, 0.05) is 23.1 Å². The lowest BCUT2D eigenvalue weighted by Crippen LogP contribution is -2.35. The zero-order valence-electron chi connectivity index (χ0n) is 15.0. The molecule has 1 amide bonds. The topological polar surface area (TPSA) is 68.2 Å². The van der Waals surface area contributed by atoms with Gasteiger partial charge in [0.25, 0.3) is 0 Å². The lowest BCUT2D eigenvalue weighted by Gasteiger charge is -2.12. The monoisotopic (exact) mass is 382 g/mol. The molecule has 1 aliphatic rings. The summed E-state index contributed by atoms with van der Waals surface area (Å²) in [4.78, 5) is 12.9. The van der Waals surface area contributed by atoms with Crippen LogP contribution in [-0.2, 0) is 21.2 Å². The molecule has 1 aromatic heterocycles. The summed E-state index contributed by atoms with van der Waals surface area (Å²) in [6, 6.07) is 15.9. The van der Waals surface area contributed by atoms with Crippen LogP contribution in [-0.4, -0.2) is 24.9 Å². The van der Waals surface area contributed by atoms with Crippen molar-refractivity contribution in [3.63, 3.8) is 0 Å². The number of benzene rings is 2. The number of rotatable bonds is 5. The summed E-state index contributed by atoms with van der Waals surface area (Å²) in [5, 5.41) is 3.70. The van der Waals surface area contributed by atoms with E-state index in [1.165, 1.54) is 0 Å². The van der Waals surface area contributed by atoms with Crippen LogP contribution in [0, 0.1) is 0 Å². The van der Waals surface area contributed by atoms with Crippen molar-refractivity contribution in [2.24, 2.45) is 0 Å². The molecule has 5 nitrogen and oxygen atoms in total. The molecule has 0 saturated heterocycles. The van der Waals surface area contributed by atoms with E-state index in [-0.39, 0.29) is 28.3 Å². The molecule has 1 saturated carbocycles. The Balaban J connectivity index is 1.70. The van der Waals surface area contributed by atoms with E-state index in [9.17, 15) is 13.2 Å². The Kier molecular flexibility index (Phi) is 4.74. The highest BCUT2D eigenvalue weighted by Gasteiger charge is 2.24. The molecular formula is C21H22N2O3S. The molecular weight excluding hydrogens is 360 g/mol. The van der Waals surface area contributed by atoms with Crippen LogP contribution in [0.25, 0.3) is 10.9 Å². The molecule has 0 atom stereocenters. The number of hydrogen-bond acceptors (Lipinski definition) is 3. The maximum atomic E-state index is 13.1. The Morgan fingerprint density at radius 3 is 2.41 bits per heavy atom. The number of fused-ring (bicyclic) bond motifs is 1. The third-order valence-corrected chi connectivity index (χ3v) is 6.93. The van der Waals surface area contributed by atoms with Crippen molar-refractivity contribution in [1.82, 2.24) is 9.88 Å². The zero-order chi connectivity index (χ0) is 18.9. The van der Waals surface area contributed by atoms with E-state index < -0.39 is 9.84 Å². The molecule has 1 fully saturated rings. The third kappa shape index (κ3) is 3.49. The lowest BCUT2D eigenvalue weighted by atomic mass is 10.2. The van der Waals surface area contributed by atoms with Crippen molar-refractivity contribution in [2.45, 2.75) is 48.1 Å². The van der Waals surface area contributed by atoms with Gasteiger partial charge in [-0.3, -0.25) is 4.79 Å². The predicted octanol–water partition coefficient (Wildman–Crippen LogP) is 3.53. The predicted molar refractivity (Wildman–Crippen MR) is 104 cm³/mol. The molecule has 1 N–H and O–H groups in total. The number of carbonyl (C=O) groups excluding carboxylic acids is 1. The van der Waals surface area contributed by atoms with Gasteiger partial charge in [0.15, 0.2) is 0 Å². The van der Waals surface area contributed by atoms with Gasteiger partial charge in [-0.05, 0) is 31.0 Å². The Morgan fingerprint density at radius 2 is 1.67 bits per heavy atom. The van der Waals surface area contributed by atoms with Gasteiger partial charge in [-0.2, -0.15) is 0 Å². The van der Waals surface area contributed by atoms with E-state index in [4.69, 9.17) is 0 Å². The van der Waals surface area contributed by atoms with E-state index in [1.54, 1.807) is 47.2 Å². The summed E-state index contributed by atoms with van der Waals surface area (Å²) in [7, 11) is -3.66. The van der Waals surface area contributed by atoms with Gasteiger partial charge in [0.05, 0.1) is 9.79 Å². The standard InChI is InChI=1S/C21H22N2O3S/c24-21(22-16-8-4-5-9-16)15-23-14-20(18-12-6-7-13-19(18)23)27(25,26)17-10-2-1-3-11-17/h1-3,6-7,10-14,16H,4-5,8-9,15H2,(H,22,24). The first kappa shape index (κ1) is 17.8. The van der Waals surface area contributed by atoms with Crippen LogP contribution in [0.3, 0.4) is 0 Å². The number of amides is 1. The van der Waals surface area contributed by atoms with Gasteiger partial charge in [-0.25, -0.2) is 8.42 Å². The summed E-state index contributed by atoms with van der Waals surface area (Å²) in [6.07, 6.45) is 5.92. The number of sulfone groups is 1. The minimum atomic E-state index is -3.66. The molecule has 6 heteroatoms. The van der Waals surface area contributed by atoms with Crippen LogP contribution < -0.4 is 5.32 Å². The summed E-state index contributed by atoms with van der Waals surface area (Å²) >= 11 is 0. The fourth-order valence-electron chi connectivity index (χ4n) is 3.78. The molecule has 140 valence electrons. The molecule has 4 rings (SSSR count). The lowest BCUT2D eigenvalue weighted by molar-refractivity contribution is -0.122. The zero-order valence-corrected chi connectivity index (χ0v) is 15.8. The number of aromatic nitrogens is 1. The van der Waals surface area contributed by atoms with Gasteiger partial charge in [0.2, 0.25) is 15.7 Å². The Bertz CT molecular complexity index is 1070. The first-order valence-electron chi connectivity index (χ1n) is 9.23. The third-order valence-electron chi connectivity index (χ3n) is 5.13. The molecule has 1 heterocycles. The van der Waals surface area contributed by atoms with Crippen molar-refractivity contribution in [3.05, 3.63) is 60.8 Å². The maximum absolute atomic E-state index is 13.1. The van der Waals surface area contributed by atoms with Crippen LogP contribution in [0.15, 0.2) is 70.6 Å². The number of hydrogen-bond donors (Lipinski definition) is 1. The van der Waals surface area contributed by atoms with Crippen LogP contribution in [0.2, 0.25) is 0 Å². The second-order valence-electron chi connectivity index (χ2n) is 7.00. The molecule has 0 radical (unpaired) electrons. The summed E-state index contributed by atoms with van der Waals surface area (Å²) in [6.45, 7) is 0.112. The van der Waals surface area contributed by atoms with Crippen molar-refractivity contribution in [1.29, 1.82) is 0 Å². The summed E-state index contributed by atoms with van der Waals surface area (Å²) in [5.74, 6) is -0.0775. The quantitative estimate of drug-likeness (QED) is 0.734. The average Bonchev–Trinajstić information content (AvgIpc) is 3.31. The van der Waals surface area contributed by atoms with E-state index in [2.05, 4.69) is 5.32 Å². The minimum absolute atomic E-state index is 0.0775. The molecule has 1 aliphatic carbocycles. The molecule has 0 spiro atoms. The van der Waals surface area contributed by atoms with Crippen molar-refractivity contribution >= 4 is 26.6 Å². The van der Waals surface area contributed by atoms with Crippen LogP contribution in [0.1, 0.15) is 25.7 Å². The van der Waals surface area contributed by atoms with Crippen molar-refractivity contribution in [3.8, 4) is 0 Å². The van der Waals surface area contributed by atoms with Gasteiger partial charge >= 0.3 is 0 Å². The molecule has 27 heavy (non-hydrogen) atoms. The molecule has 0 unspecified atom stereocenters. The van der Waals surface area contributed by atoms with Crippen molar-refractivity contribution < 1.29 is 13.2 Å². The molecule has 0 bridgehead atoms. The first-order valence-corrected chi connectivity index (χ1v) is 10.7. The normalized spacial score (nSPS) is 15.3. The number of nitrogens with one attached hydrogen (secondary N) is 1. The fourth-order valence-corrected chi connectivity index (χ4v) is 5.28. The van der Waals surface area contributed by atoms with Crippen LogP contribution >= 0.6 is 0 Å². The molecule has 0 aliphatic heterocycles. The highest BCUT2D eigenvalue weighted by Crippen LogP contribution is 2.30. The number of para-hydroxylation sites is 1. The Morgan fingerprint density at radius 1 is 1.00 bits per heavy atom. The average molecular weight is 382 g/mol. The van der Waals surface area contributed by atoms with E-state index in [0.29, 0.717) is 5.39 Å². The Labute approximate surface area is 158 Å². The summed E-state index contributed by atoms with van der Waals surface area (Å²) < 4.78 is 28.0. The highest BCUT2D eigenvalue weighted by atomic mass is 32.2. The van der Waals surface area contributed by atoms with Crippen molar-refractivity contribution in [2.75, 3.05) is 0 Å². The largest absolute Gasteiger partial charge is 0.352 e. The number of nitrogens with zero attached hydrogens (tertiary/aromatic N) is 1. The molecule has 2 aromatic carbocycles. The second-order valence-corrected chi connectivity index (χ2v) is 8.92. The van der Waals surface area contributed by atoms with E-state index >= 15 is 0 Å². The van der Waals surface area contributed by atoms with Gasteiger partial charge in [-0.1, -0.05) is 49.2 Å². The maximum Gasteiger partial charge on any atom is 0.240 e. The number of carbonyl (C=O) groups is 1. The van der Waals surface area contributed by atoms with Crippen LogP contribution in [0.5, 0.6) is 0 Å². The molecule has 3 aromatic rings. The smallest absolute Gasteiger partial charge is 0.240 e. The van der Waals surface area contributed by atoms with Gasteiger partial charge in [-0.15, -0.1) is 0 Å².